The number of fused-ring (bicyclic) bond motifs is 3. The molecular formula is C27H30O5. The van der Waals surface area contributed by atoms with Gasteiger partial charge in [-0.3, -0.25) is 0 Å². The maximum Gasteiger partial charge on any atom is 0.161 e. The molecule has 0 amide bonds. The van der Waals surface area contributed by atoms with Gasteiger partial charge >= 0.3 is 0 Å². The van der Waals surface area contributed by atoms with Crippen LogP contribution in [0.15, 0.2) is 36.4 Å². The number of hydrogen-bond acceptors (Lipinski definition) is 5. The highest BCUT2D eigenvalue weighted by Crippen LogP contribution is 2.39. The normalized spacial score (nSPS) is 12.3. The van der Waals surface area contributed by atoms with Gasteiger partial charge in [-0.05, 0) is 95.5 Å². The minimum Gasteiger partial charge on any atom is -0.496 e. The Balaban J connectivity index is 1.99. The van der Waals surface area contributed by atoms with E-state index >= 15 is 0 Å². The van der Waals surface area contributed by atoms with Gasteiger partial charge in [0.05, 0.1) is 35.5 Å². The lowest BCUT2D eigenvalue weighted by Crippen LogP contribution is -2.02. The first-order valence-corrected chi connectivity index (χ1v) is 10.6. The van der Waals surface area contributed by atoms with E-state index in [9.17, 15) is 0 Å². The van der Waals surface area contributed by atoms with Gasteiger partial charge in [-0.15, -0.1) is 0 Å². The molecule has 1 aliphatic carbocycles. The van der Waals surface area contributed by atoms with E-state index in [0.717, 1.165) is 53.6 Å². The van der Waals surface area contributed by atoms with E-state index in [1.54, 1.807) is 35.5 Å². The van der Waals surface area contributed by atoms with E-state index < -0.39 is 0 Å². The predicted molar refractivity (Wildman–Crippen MR) is 125 cm³/mol. The van der Waals surface area contributed by atoms with Crippen LogP contribution in [0.5, 0.6) is 28.7 Å². The summed E-state index contributed by atoms with van der Waals surface area (Å²) in [7, 11) is 8.41. The largest absolute Gasteiger partial charge is 0.496 e. The second-order valence-electron chi connectivity index (χ2n) is 8.07. The zero-order chi connectivity index (χ0) is 22.8. The van der Waals surface area contributed by atoms with Gasteiger partial charge in [-0.25, -0.2) is 0 Å². The number of hydrogen-bond donors (Lipinski definition) is 0. The summed E-state index contributed by atoms with van der Waals surface area (Å²) in [6, 6.07) is 12.8. The molecule has 0 saturated carbocycles. The summed E-state index contributed by atoms with van der Waals surface area (Å²) in [5, 5.41) is 0. The van der Waals surface area contributed by atoms with E-state index in [0.29, 0.717) is 0 Å². The van der Waals surface area contributed by atoms with Crippen LogP contribution < -0.4 is 23.7 Å². The number of rotatable bonds is 5. The average Bonchev–Trinajstić information content (AvgIpc) is 2.86. The van der Waals surface area contributed by atoms with Gasteiger partial charge in [-0.2, -0.15) is 0 Å². The van der Waals surface area contributed by atoms with E-state index in [1.165, 1.54) is 33.4 Å². The van der Waals surface area contributed by atoms with Gasteiger partial charge in [0, 0.05) is 0 Å². The average molecular weight is 435 g/mol. The Bertz CT molecular complexity index is 1140. The van der Waals surface area contributed by atoms with Crippen molar-refractivity contribution in [3.63, 3.8) is 0 Å². The minimum atomic E-state index is 0.731. The van der Waals surface area contributed by atoms with E-state index in [2.05, 4.69) is 43.3 Å². The van der Waals surface area contributed by atoms with Gasteiger partial charge in [0.1, 0.15) is 5.75 Å². The molecule has 3 aromatic rings. The summed E-state index contributed by atoms with van der Waals surface area (Å²) in [5.74, 6) is 3.84. The standard InChI is InChI=1S/C27H30O5/c1-16-7-17-8-19-12-24(29-3)26(31-5)14-21(19)10-22-15-27(32-6)25(30-4)13-20(22)9-18(17)11-23(16)28-2/h7,11-15H,8-10H2,1-6H3. The van der Waals surface area contributed by atoms with Crippen molar-refractivity contribution < 1.29 is 23.7 Å². The second-order valence-corrected chi connectivity index (χ2v) is 8.07. The fourth-order valence-electron chi connectivity index (χ4n) is 4.54. The lowest BCUT2D eigenvalue weighted by atomic mass is 9.93. The third kappa shape index (κ3) is 3.95. The van der Waals surface area contributed by atoms with E-state index in [4.69, 9.17) is 23.7 Å². The zero-order valence-corrected chi connectivity index (χ0v) is 19.6. The molecular weight excluding hydrogens is 404 g/mol. The maximum atomic E-state index is 5.64. The molecule has 0 bridgehead atoms. The fourth-order valence-corrected chi connectivity index (χ4v) is 4.54. The lowest BCUT2D eigenvalue weighted by Gasteiger charge is -2.17. The Morgan fingerprint density at radius 1 is 0.406 bits per heavy atom. The highest BCUT2D eigenvalue weighted by molar-refractivity contribution is 5.57. The summed E-state index contributed by atoms with van der Waals surface area (Å²) < 4.78 is 28.1. The number of ether oxygens (including phenoxy) is 5. The first-order chi connectivity index (χ1) is 15.5. The second kappa shape index (κ2) is 9.03. The summed E-state index contributed by atoms with van der Waals surface area (Å²) in [5.41, 5.74) is 8.47. The number of benzene rings is 3. The van der Waals surface area contributed by atoms with Crippen molar-refractivity contribution in [1.29, 1.82) is 0 Å². The van der Waals surface area contributed by atoms with E-state index in [1.807, 2.05) is 0 Å². The Morgan fingerprint density at radius 3 is 0.938 bits per heavy atom. The van der Waals surface area contributed by atoms with Crippen molar-refractivity contribution in [3.8, 4) is 28.7 Å². The SMILES string of the molecule is COc1cc2c(cc1C)Cc1cc(OC)c(OC)cc1Cc1cc(OC)c(OC)cc1C2. The van der Waals surface area contributed by atoms with Crippen LogP contribution in [-0.2, 0) is 19.3 Å². The molecule has 5 nitrogen and oxygen atoms in total. The van der Waals surface area contributed by atoms with Gasteiger partial charge in [0.25, 0.3) is 0 Å². The molecule has 1 aliphatic rings. The molecule has 0 aliphatic heterocycles. The summed E-state index contributed by atoms with van der Waals surface area (Å²) in [6.45, 7) is 2.09. The van der Waals surface area contributed by atoms with Gasteiger partial charge in [-0.1, -0.05) is 6.07 Å². The molecule has 168 valence electrons. The van der Waals surface area contributed by atoms with Crippen molar-refractivity contribution in [2.24, 2.45) is 0 Å². The van der Waals surface area contributed by atoms with Crippen LogP contribution in [-0.4, -0.2) is 35.5 Å². The van der Waals surface area contributed by atoms with Crippen LogP contribution in [0, 0.1) is 6.92 Å². The zero-order valence-electron chi connectivity index (χ0n) is 19.6. The van der Waals surface area contributed by atoms with Crippen molar-refractivity contribution >= 4 is 0 Å². The Hall–Kier alpha value is -3.34. The Morgan fingerprint density at radius 2 is 0.656 bits per heavy atom. The molecule has 0 spiro atoms. The summed E-state index contributed by atoms with van der Waals surface area (Å²) in [6.07, 6.45) is 2.34. The quantitative estimate of drug-likeness (QED) is 0.436. The van der Waals surface area contributed by atoms with Crippen LogP contribution in [0.1, 0.15) is 38.9 Å². The highest BCUT2D eigenvalue weighted by atomic mass is 16.5. The molecule has 0 N–H and O–H groups in total. The topological polar surface area (TPSA) is 46.2 Å². The van der Waals surface area contributed by atoms with Crippen LogP contribution in [0.2, 0.25) is 0 Å². The predicted octanol–water partition coefficient (Wildman–Crippen LogP) is 5.12. The lowest BCUT2D eigenvalue weighted by molar-refractivity contribution is 0.353. The maximum absolute atomic E-state index is 5.64. The third-order valence-electron chi connectivity index (χ3n) is 6.27. The number of aryl methyl sites for hydroxylation is 1. The van der Waals surface area contributed by atoms with Crippen molar-refractivity contribution in [1.82, 2.24) is 0 Å². The van der Waals surface area contributed by atoms with Crippen LogP contribution in [0.25, 0.3) is 0 Å². The molecule has 3 aromatic carbocycles. The minimum absolute atomic E-state index is 0.731. The van der Waals surface area contributed by atoms with E-state index in [-0.39, 0.29) is 0 Å². The van der Waals surface area contributed by atoms with Crippen LogP contribution >= 0.6 is 0 Å². The monoisotopic (exact) mass is 434 g/mol. The molecule has 4 rings (SSSR count). The van der Waals surface area contributed by atoms with Crippen LogP contribution in [0.4, 0.5) is 0 Å². The first-order valence-electron chi connectivity index (χ1n) is 10.6. The molecule has 5 heteroatoms. The molecule has 0 saturated heterocycles. The van der Waals surface area contributed by atoms with Crippen LogP contribution in [0.3, 0.4) is 0 Å². The summed E-state index contributed by atoms with van der Waals surface area (Å²) in [4.78, 5) is 0. The van der Waals surface area contributed by atoms with Gasteiger partial charge in [0.2, 0.25) is 0 Å². The molecule has 0 radical (unpaired) electrons. The Labute approximate surface area is 189 Å². The smallest absolute Gasteiger partial charge is 0.161 e. The van der Waals surface area contributed by atoms with Gasteiger partial charge < -0.3 is 23.7 Å². The highest BCUT2D eigenvalue weighted by Gasteiger charge is 2.21. The molecule has 0 unspecified atom stereocenters. The van der Waals surface area contributed by atoms with Crippen molar-refractivity contribution in [2.75, 3.05) is 35.5 Å². The number of methoxy groups -OCH3 is 5. The third-order valence-corrected chi connectivity index (χ3v) is 6.27. The molecule has 0 aromatic heterocycles. The summed E-state index contributed by atoms with van der Waals surface area (Å²) >= 11 is 0. The molecule has 0 atom stereocenters. The van der Waals surface area contributed by atoms with Crippen molar-refractivity contribution in [2.45, 2.75) is 26.2 Å². The first kappa shape index (κ1) is 21.9. The molecule has 32 heavy (non-hydrogen) atoms. The molecule has 0 fully saturated rings. The van der Waals surface area contributed by atoms with Crippen molar-refractivity contribution in [3.05, 3.63) is 75.3 Å². The molecule has 0 heterocycles. The Kier molecular flexibility index (Phi) is 6.17. The fraction of sp³-hybridized carbons (Fsp3) is 0.333. The van der Waals surface area contributed by atoms with Gasteiger partial charge in [0.15, 0.2) is 23.0 Å².